The molecule has 2 aromatic rings. The Labute approximate surface area is 172 Å². The summed E-state index contributed by atoms with van der Waals surface area (Å²) in [5, 5.41) is 12.4. The van der Waals surface area contributed by atoms with E-state index in [0.717, 1.165) is 11.0 Å². The van der Waals surface area contributed by atoms with Gasteiger partial charge in [-0.1, -0.05) is 23.7 Å². The van der Waals surface area contributed by atoms with Crippen molar-refractivity contribution in [1.29, 1.82) is 0 Å². The van der Waals surface area contributed by atoms with Gasteiger partial charge < -0.3 is 5.32 Å². The summed E-state index contributed by atoms with van der Waals surface area (Å²) in [5.74, 6) is -2.02. The van der Waals surface area contributed by atoms with Crippen molar-refractivity contribution < 1.29 is 23.7 Å². The fraction of sp³-hybridized carbons (Fsp3) is 0.0556. The summed E-state index contributed by atoms with van der Waals surface area (Å²) in [5.41, 5.74) is 0.422. The molecule has 0 atom stereocenters. The van der Waals surface area contributed by atoms with Crippen LogP contribution in [0.5, 0.6) is 0 Å². The molecule has 1 fully saturated rings. The first kappa shape index (κ1) is 20.5. The zero-order chi connectivity index (χ0) is 21.1. The molecule has 1 N–H and O–H groups in total. The maximum Gasteiger partial charge on any atom is 0.294 e. The molecular weight excluding hydrogens is 425 g/mol. The summed E-state index contributed by atoms with van der Waals surface area (Å²) in [6.45, 7) is -0.550. The number of hydrogen-bond acceptors (Lipinski definition) is 6. The summed E-state index contributed by atoms with van der Waals surface area (Å²) in [6.07, 6.45) is 1.34. The molecule has 1 saturated heterocycles. The van der Waals surface area contributed by atoms with Crippen molar-refractivity contribution in [3.63, 3.8) is 0 Å². The van der Waals surface area contributed by atoms with Crippen LogP contribution in [0, 0.1) is 15.9 Å². The summed E-state index contributed by atoms with van der Waals surface area (Å²) in [6, 6.07) is 9.12. The van der Waals surface area contributed by atoms with E-state index >= 15 is 0 Å². The van der Waals surface area contributed by atoms with E-state index in [1.54, 1.807) is 6.07 Å². The van der Waals surface area contributed by atoms with Crippen molar-refractivity contribution in [1.82, 2.24) is 4.90 Å². The summed E-state index contributed by atoms with van der Waals surface area (Å²) in [4.78, 5) is 47.8. The monoisotopic (exact) mass is 435 g/mol. The minimum absolute atomic E-state index is 0.0353. The highest BCUT2D eigenvalue weighted by Crippen LogP contribution is 2.32. The van der Waals surface area contributed by atoms with E-state index < -0.39 is 34.3 Å². The summed E-state index contributed by atoms with van der Waals surface area (Å²) >= 11 is 6.26. The number of nitrogens with zero attached hydrogens (tertiary/aromatic N) is 2. The van der Waals surface area contributed by atoms with Crippen LogP contribution in [0.1, 0.15) is 5.56 Å². The van der Waals surface area contributed by atoms with Crippen LogP contribution in [-0.2, 0) is 9.59 Å². The van der Waals surface area contributed by atoms with Gasteiger partial charge in [0.2, 0.25) is 5.91 Å². The van der Waals surface area contributed by atoms with Gasteiger partial charge in [0.15, 0.2) is 0 Å². The normalized spacial score (nSPS) is 15.1. The number of rotatable bonds is 5. The number of nitrogens with one attached hydrogen (secondary N) is 1. The van der Waals surface area contributed by atoms with Crippen LogP contribution in [0.4, 0.5) is 20.6 Å². The van der Waals surface area contributed by atoms with Gasteiger partial charge in [-0.05, 0) is 41.6 Å². The fourth-order valence-electron chi connectivity index (χ4n) is 2.43. The molecular formula is C18H11ClFN3O5S. The number of nitro groups is 1. The lowest BCUT2D eigenvalue weighted by Crippen LogP contribution is -2.36. The lowest BCUT2D eigenvalue weighted by atomic mass is 10.2. The molecule has 11 heteroatoms. The number of imide groups is 1. The second kappa shape index (κ2) is 8.41. The second-order valence-corrected chi connectivity index (χ2v) is 7.20. The Hall–Kier alpha value is -3.24. The SMILES string of the molecule is O=C(CN1C(=O)S/C(=C/c2cccc([N+](=O)[O-])c2)C1=O)Nc1ccc(F)c(Cl)c1. The Morgan fingerprint density at radius 3 is 2.72 bits per heavy atom. The first-order valence-electron chi connectivity index (χ1n) is 7.99. The van der Waals surface area contributed by atoms with Gasteiger partial charge in [-0.3, -0.25) is 29.4 Å². The van der Waals surface area contributed by atoms with Crippen LogP contribution in [-0.4, -0.2) is 33.4 Å². The molecule has 1 aliphatic rings. The number of anilines is 1. The highest BCUT2D eigenvalue weighted by Gasteiger charge is 2.36. The number of halogens is 2. The molecule has 0 unspecified atom stereocenters. The first-order valence-corrected chi connectivity index (χ1v) is 9.19. The van der Waals surface area contributed by atoms with E-state index in [2.05, 4.69) is 5.32 Å². The van der Waals surface area contributed by atoms with Crippen molar-refractivity contribution >= 4 is 57.9 Å². The van der Waals surface area contributed by atoms with Gasteiger partial charge in [0, 0.05) is 17.8 Å². The van der Waals surface area contributed by atoms with E-state index in [1.165, 1.54) is 36.4 Å². The van der Waals surface area contributed by atoms with Crippen LogP contribution in [0.25, 0.3) is 6.08 Å². The minimum Gasteiger partial charge on any atom is -0.324 e. The number of carbonyl (C=O) groups excluding carboxylic acids is 3. The fourth-order valence-corrected chi connectivity index (χ4v) is 3.45. The zero-order valence-corrected chi connectivity index (χ0v) is 16.0. The highest BCUT2D eigenvalue weighted by molar-refractivity contribution is 8.18. The van der Waals surface area contributed by atoms with Crippen LogP contribution in [0.15, 0.2) is 47.4 Å². The van der Waals surface area contributed by atoms with Gasteiger partial charge in [-0.15, -0.1) is 0 Å². The van der Waals surface area contributed by atoms with Crippen molar-refractivity contribution in [2.75, 3.05) is 11.9 Å². The van der Waals surface area contributed by atoms with Gasteiger partial charge in [-0.25, -0.2) is 4.39 Å². The quantitative estimate of drug-likeness (QED) is 0.431. The standard InChI is InChI=1S/C18H11ClFN3O5S/c19-13-8-11(4-5-14(13)20)21-16(24)9-22-17(25)15(29-18(22)26)7-10-2-1-3-12(6-10)23(27)28/h1-8H,9H2,(H,21,24)/b15-7+. The smallest absolute Gasteiger partial charge is 0.294 e. The van der Waals surface area contributed by atoms with Gasteiger partial charge in [-0.2, -0.15) is 0 Å². The largest absolute Gasteiger partial charge is 0.324 e. The molecule has 3 rings (SSSR count). The molecule has 29 heavy (non-hydrogen) atoms. The van der Waals surface area contributed by atoms with Gasteiger partial charge in [0.25, 0.3) is 16.8 Å². The van der Waals surface area contributed by atoms with Gasteiger partial charge in [0.05, 0.1) is 14.9 Å². The number of non-ortho nitro benzene ring substituents is 1. The second-order valence-electron chi connectivity index (χ2n) is 5.80. The highest BCUT2D eigenvalue weighted by atomic mass is 35.5. The molecule has 0 spiro atoms. The molecule has 8 nitrogen and oxygen atoms in total. The molecule has 1 heterocycles. The molecule has 0 radical (unpaired) electrons. The average Bonchev–Trinajstić information content (AvgIpc) is 2.92. The number of thioether (sulfide) groups is 1. The molecule has 1 aliphatic heterocycles. The Morgan fingerprint density at radius 2 is 2.03 bits per heavy atom. The topological polar surface area (TPSA) is 110 Å². The predicted molar refractivity (Wildman–Crippen MR) is 106 cm³/mol. The number of amides is 3. The van der Waals surface area contributed by atoms with E-state index in [0.29, 0.717) is 17.3 Å². The average molecular weight is 436 g/mol. The summed E-state index contributed by atoms with van der Waals surface area (Å²) in [7, 11) is 0. The van der Waals surface area contributed by atoms with Crippen LogP contribution < -0.4 is 5.32 Å². The third kappa shape index (κ3) is 4.79. The molecule has 0 aromatic heterocycles. The number of hydrogen-bond donors (Lipinski definition) is 1. The van der Waals surface area contributed by atoms with E-state index in [9.17, 15) is 28.9 Å². The number of nitro benzene ring substituents is 1. The molecule has 3 amide bonds. The van der Waals surface area contributed by atoms with Crippen molar-refractivity contribution in [2.24, 2.45) is 0 Å². The Kier molecular flexibility index (Phi) is 5.95. The van der Waals surface area contributed by atoms with E-state index in [1.807, 2.05) is 0 Å². The summed E-state index contributed by atoms with van der Waals surface area (Å²) < 4.78 is 13.2. The maximum absolute atomic E-state index is 13.2. The zero-order valence-electron chi connectivity index (χ0n) is 14.4. The van der Waals surface area contributed by atoms with Gasteiger partial charge in [0.1, 0.15) is 12.4 Å². The number of benzene rings is 2. The van der Waals surface area contributed by atoms with Crippen molar-refractivity contribution in [3.05, 3.63) is 73.9 Å². The minimum atomic E-state index is -0.696. The van der Waals surface area contributed by atoms with E-state index in [-0.39, 0.29) is 21.3 Å². The van der Waals surface area contributed by atoms with Crippen LogP contribution in [0.2, 0.25) is 5.02 Å². The van der Waals surface area contributed by atoms with Gasteiger partial charge >= 0.3 is 0 Å². The third-order valence-electron chi connectivity index (χ3n) is 3.76. The maximum atomic E-state index is 13.2. The van der Waals surface area contributed by atoms with Crippen molar-refractivity contribution in [3.8, 4) is 0 Å². The number of carbonyl (C=O) groups is 3. The Bertz CT molecular complexity index is 1080. The molecule has 0 bridgehead atoms. The van der Waals surface area contributed by atoms with Crippen molar-refractivity contribution in [2.45, 2.75) is 0 Å². The molecule has 0 saturated carbocycles. The molecule has 2 aromatic carbocycles. The lowest BCUT2D eigenvalue weighted by Gasteiger charge is -2.12. The molecule has 0 aliphatic carbocycles. The third-order valence-corrected chi connectivity index (χ3v) is 4.95. The first-order chi connectivity index (χ1) is 13.7. The molecule has 148 valence electrons. The Balaban J connectivity index is 1.71. The predicted octanol–water partition coefficient (Wildman–Crippen LogP) is 4.06. The lowest BCUT2D eigenvalue weighted by molar-refractivity contribution is -0.384. The van der Waals surface area contributed by atoms with E-state index in [4.69, 9.17) is 11.6 Å². The van der Waals surface area contributed by atoms with Crippen LogP contribution in [0.3, 0.4) is 0 Å². The van der Waals surface area contributed by atoms with Crippen LogP contribution >= 0.6 is 23.4 Å². The Morgan fingerprint density at radius 1 is 1.28 bits per heavy atom.